The molecule has 25 heavy (non-hydrogen) atoms. The highest BCUT2D eigenvalue weighted by Gasteiger charge is 2.36. The maximum absolute atomic E-state index is 12.6. The molecule has 1 aromatic carbocycles. The molecule has 0 atom stereocenters. The third-order valence-electron chi connectivity index (χ3n) is 5.07. The Morgan fingerprint density at radius 2 is 1.88 bits per heavy atom. The number of fused-ring (bicyclic) bond motifs is 1. The summed E-state index contributed by atoms with van der Waals surface area (Å²) in [7, 11) is -3.12. The van der Waals surface area contributed by atoms with E-state index in [2.05, 4.69) is 4.72 Å². The van der Waals surface area contributed by atoms with Crippen LogP contribution in [-0.2, 0) is 10.0 Å². The molecule has 2 aromatic rings. The number of amides is 1. The molecule has 134 valence electrons. The Hall–Kier alpha value is -1.86. The van der Waals surface area contributed by atoms with Crippen LogP contribution in [0.15, 0.2) is 34.7 Å². The molecule has 1 saturated heterocycles. The van der Waals surface area contributed by atoms with Gasteiger partial charge in [-0.15, -0.1) is 0 Å². The van der Waals surface area contributed by atoms with Gasteiger partial charge in [0.05, 0.1) is 5.25 Å². The molecular formula is C18H22N2O4S. The van der Waals surface area contributed by atoms with Gasteiger partial charge in [-0.2, -0.15) is 0 Å². The summed E-state index contributed by atoms with van der Waals surface area (Å²) in [4.78, 5) is 14.4. The lowest BCUT2D eigenvalue weighted by Gasteiger charge is -2.31. The van der Waals surface area contributed by atoms with Crippen molar-refractivity contribution in [1.29, 1.82) is 0 Å². The maximum Gasteiger partial charge on any atom is 0.289 e. The maximum atomic E-state index is 12.6. The quantitative estimate of drug-likeness (QED) is 0.885. The van der Waals surface area contributed by atoms with Gasteiger partial charge in [-0.25, -0.2) is 13.1 Å². The van der Waals surface area contributed by atoms with Crippen LogP contribution in [0.5, 0.6) is 0 Å². The number of benzene rings is 1. The van der Waals surface area contributed by atoms with Crippen LogP contribution < -0.4 is 4.72 Å². The van der Waals surface area contributed by atoms with Crippen molar-refractivity contribution in [2.24, 2.45) is 5.92 Å². The molecule has 2 aliphatic rings. The first-order valence-corrected chi connectivity index (χ1v) is 10.3. The van der Waals surface area contributed by atoms with Gasteiger partial charge in [0.1, 0.15) is 5.58 Å². The number of hydrogen-bond donors (Lipinski definition) is 1. The molecule has 0 radical (unpaired) electrons. The van der Waals surface area contributed by atoms with Gasteiger partial charge in [-0.05, 0) is 43.7 Å². The van der Waals surface area contributed by atoms with Crippen molar-refractivity contribution in [1.82, 2.24) is 9.62 Å². The van der Waals surface area contributed by atoms with Crippen LogP contribution in [0.1, 0.15) is 36.2 Å². The molecule has 4 rings (SSSR count). The Morgan fingerprint density at radius 3 is 2.56 bits per heavy atom. The summed E-state index contributed by atoms with van der Waals surface area (Å²) >= 11 is 0. The third-order valence-corrected chi connectivity index (χ3v) is 6.99. The Balaban J connectivity index is 1.32. The van der Waals surface area contributed by atoms with E-state index >= 15 is 0 Å². The Morgan fingerprint density at radius 1 is 1.16 bits per heavy atom. The van der Waals surface area contributed by atoms with E-state index in [-0.39, 0.29) is 17.1 Å². The molecule has 1 aliphatic heterocycles. The zero-order valence-corrected chi connectivity index (χ0v) is 14.8. The first-order valence-electron chi connectivity index (χ1n) is 8.79. The van der Waals surface area contributed by atoms with Gasteiger partial charge in [-0.3, -0.25) is 4.79 Å². The normalized spacial score (nSPS) is 19.4. The van der Waals surface area contributed by atoms with Gasteiger partial charge in [0.25, 0.3) is 5.91 Å². The van der Waals surface area contributed by atoms with Crippen molar-refractivity contribution in [3.63, 3.8) is 0 Å². The van der Waals surface area contributed by atoms with E-state index in [1.165, 1.54) is 0 Å². The highest BCUT2D eigenvalue weighted by molar-refractivity contribution is 7.90. The number of carbonyl (C=O) groups is 1. The summed E-state index contributed by atoms with van der Waals surface area (Å²) in [6.07, 6.45) is 3.16. The van der Waals surface area contributed by atoms with E-state index in [4.69, 9.17) is 4.42 Å². The van der Waals surface area contributed by atoms with Crippen LogP contribution in [0.2, 0.25) is 0 Å². The molecule has 1 amide bonds. The minimum Gasteiger partial charge on any atom is -0.451 e. The molecule has 0 spiro atoms. The average molecular weight is 362 g/mol. The number of para-hydroxylation sites is 1. The third kappa shape index (κ3) is 3.57. The van der Waals surface area contributed by atoms with Crippen LogP contribution in [0, 0.1) is 5.92 Å². The standard InChI is InChI=1S/C18H22N2O4S/c21-18(17-11-14-3-1-2-4-16(14)24-17)20-9-7-13(8-10-20)12-19-25(22,23)15-5-6-15/h1-4,11,13,15,19H,5-10,12H2. The Bertz CT molecular complexity index is 844. The number of nitrogens with one attached hydrogen (secondary N) is 1. The fourth-order valence-electron chi connectivity index (χ4n) is 3.31. The van der Waals surface area contributed by atoms with E-state index in [1.807, 2.05) is 24.3 Å². The van der Waals surface area contributed by atoms with Crippen molar-refractivity contribution in [2.45, 2.75) is 30.9 Å². The fourth-order valence-corrected chi connectivity index (χ4v) is 4.77. The van der Waals surface area contributed by atoms with Crippen LogP contribution in [-0.4, -0.2) is 44.1 Å². The van der Waals surface area contributed by atoms with Crippen molar-refractivity contribution in [2.75, 3.05) is 19.6 Å². The summed E-state index contributed by atoms with van der Waals surface area (Å²) in [5, 5.41) is 0.748. The second-order valence-corrected chi connectivity index (χ2v) is 9.02. The molecular weight excluding hydrogens is 340 g/mol. The van der Waals surface area contributed by atoms with Crippen LogP contribution >= 0.6 is 0 Å². The van der Waals surface area contributed by atoms with E-state index in [0.717, 1.165) is 36.7 Å². The first kappa shape index (κ1) is 16.6. The monoisotopic (exact) mass is 362 g/mol. The molecule has 1 N–H and O–H groups in total. The topological polar surface area (TPSA) is 79.6 Å². The highest BCUT2D eigenvalue weighted by atomic mass is 32.2. The fraction of sp³-hybridized carbons (Fsp3) is 0.500. The predicted molar refractivity (Wildman–Crippen MR) is 94.8 cm³/mol. The van der Waals surface area contributed by atoms with E-state index < -0.39 is 10.0 Å². The predicted octanol–water partition coefficient (Wildman–Crippen LogP) is 2.37. The summed E-state index contributed by atoms with van der Waals surface area (Å²) in [5.74, 6) is 0.565. The van der Waals surface area contributed by atoms with Gasteiger partial charge in [0.2, 0.25) is 10.0 Å². The molecule has 1 aliphatic carbocycles. The van der Waals surface area contributed by atoms with E-state index in [0.29, 0.717) is 25.4 Å². The zero-order valence-electron chi connectivity index (χ0n) is 14.0. The lowest BCUT2D eigenvalue weighted by atomic mass is 9.97. The summed E-state index contributed by atoms with van der Waals surface area (Å²) in [5.41, 5.74) is 0.718. The number of rotatable bonds is 5. The number of hydrogen-bond acceptors (Lipinski definition) is 4. The highest BCUT2D eigenvalue weighted by Crippen LogP contribution is 2.28. The van der Waals surface area contributed by atoms with Crippen molar-refractivity contribution in [3.05, 3.63) is 36.1 Å². The second kappa shape index (κ2) is 6.46. The molecule has 6 nitrogen and oxygen atoms in total. The van der Waals surface area contributed by atoms with Crippen LogP contribution in [0.4, 0.5) is 0 Å². The molecule has 1 saturated carbocycles. The smallest absolute Gasteiger partial charge is 0.289 e. The van der Waals surface area contributed by atoms with Gasteiger partial charge < -0.3 is 9.32 Å². The van der Waals surface area contributed by atoms with Gasteiger partial charge in [-0.1, -0.05) is 18.2 Å². The molecule has 0 bridgehead atoms. The van der Waals surface area contributed by atoms with Gasteiger partial charge in [0.15, 0.2) is 5.76 Å². The largest absolute Gasteiger partial charge is 0.451 e. The molecule has 2 fully saturated rings. The SMILES string of the molecule is O=C(c1cc2ccccc2o1)N1CCC(CNS(=O)(=O)C2CC2)CC1. The van der Waals surface area contributed by atoms with Crippen LogP contribution in [0.3, 0.4) is 0 Å². The average Bonchev–Trinajstić information content (AvgIpc) is 3.40. The summed E-state index contributed by atoms with van der Waals surface area (Å²) in [6.45, 7) is 1.74. The number of sulfonamides is 1. The van der Waals surface area contributed by atoms with E-state index in [1.54, 1.807) is 11.0 Å². The number of likely N-dealkylation sites (tertiary alicyclic amines) is 1. The molecule has 0 unspecified atom stereocenters. The second-order valence-electron chi connectivity index (χ2n) is 6.98. The van der Waals surface area contributed by atoms with Crippen molar-refractivity contribution < 1.29 is 17.6 Å². The minimum atomic E-state index is -3.12. The van der Waals surface area contributed by atoms with Gasteiger partial charge in [0, 0.05) is 25.0 Å². The molecule has 2 heterocycles. The van der Waals surface area contributed by atoms with Crippen molar-refractivity contribution >= 4 is 26.9 Å². The summed E-state index contributed by atoms with van der Waals surface area (Å²) in [6, 6.07) is 9.36. The lowest BCUT2D eigenvalue weighted by Crippen LogP contribution is -2.41. The Labute approximate surface area is 147 Å². The van der Waals surface area contributed by atoms with Crippen molar-refractivity contribution in [3.8, 4) is 0 Å². The summed E-state index contributed by atoms with van der Waals surface area (Å²) < 4.78 is 32.2. The van der Waals surface area contributed by atoms with E-state index in [9.17, 15) is 13.2 Å². The first-order chi connectivity index (χ1) is 12.0. The number of furan rings is 1. The zero-order chi connectivity index (χ0) is 17.4. The number of nitrogens with zero attached hydrogens (tertiary/aromatic N) is 1. The number of piperidine rings is 1. The van der Waals surface area contributed by atoms with Gasteiger partial charge >= 0.3 is 0 Å². The minimum absolute atomic E-state index is 0.0896. The molecule has 7 heteroatoms. The lowest BCUT2D eigenvalue weighted by molar-refractivity contribution is 0.0662. The Kier molecular flexibility index (Phi) is 4.29. The van der Waals surface area contributed by atoms with Crippen LogP contribution in [0.25, 0.3) is 11.0 Å². The number of carbonyl (C=O) groups excluding carboxylic acids is 1. The molecule has 1 aromatic heterocycles.